The fraction of sp³-hybridized carbons (Fsp3) is 0.389. The number of nitro benzene ring substituents is 1. The smallest absolute Gasteiger partial charge is 0.312 e. The Balaban J connectivity index is 2.41. The van der Waals surface area contributed by atoms with Gasteiger partial charge in [-0.1, -0.05) is 20.8 Å². The molecule has 1 amide bonds. The molecule has 0 saturated carbocycles. The number of rotatable bonds is 5. The van der Waals surface area contributed by atoms with Crippen molar-refractivity contribution in [3.63, 3.8) is 0 Å². The monoisotopic (exact) mass is 346 g/mol. The van der Waals surface area contributed by atoms with E-state index in [0.29, 0.717) is 11.3 Å². The van der Waals surface area contributed by atoms with Gasteiger partial charge in [-0.05, 0) is 36.1 Å². The van der Waals surface area contributed by atoms with Crippen molar-refractivity contribution >= 4 is 11.6 Å². The van der Waals surface area contributed by atoms with E-state index in [0.717, 1.165) is 5.76 Å². The lowest BCUT2D eigenvalue weighted by molar-refractivity contribution is -0.385. The Kier molecular flexibility index (Phi) is 5.15. The topological polar surface area (TPSA) is 94.6 Å². The zero-order chi connectivity index (χ0) is 18.8. The van der Waals surface area contributed by atoms with Crippen molar-refractivity contribution in [3.8, 4) is 5.75 Å². The van der Waals surface area contributed by atoms with Crippen molar-refractivity contribution in [2.75, 3.05) is 7.11 Å². The fourth-order valence-corrected chi connectivity index (χ4v) is 2.41. The van der Waals surface area contributed by atoms with Gasteiger partial charge in [0.15, 0.2) is 0 Å². The summed E-state index contributed by atoms with van der Waals surface area (Å²) in [6, 6.07) is 6.65. The van der Waals surface area contributed by atoms with Gasteiger partial charge in [-0.3, -0.25) is 14.9 Å². The summed E-state index contributed by atoms with van der Waals surface area (Å²) in [4.78, 5) is 23.5. The van der Waals surface area contributed by atoms with Gasteiger partial charge in [0.05, 0.1) is 24.1 Å². The molecule has 0 spiro atoms. The first kappa shape index (κ1) is 18.5. The lowest BCUT2D eigenvalue weighted by Crippen LogP contribution is -2.24. The van der Waals surface area contributed by atoms with Gasteiger partial charge in [-0.2, -0.15) is 0 Å². The zero-order valence-corrected chi connectivity index (χ0v) is 15.0. The molecule has 7 heteroatoms. The van der Waals surface area contributed by atoms with Crippen molar-refractivity contribution in [2.45, 2.75) is 39.7 Å². The van der Waals surface area contributed by atoms with Crippen LogP contribution in [0.15, 0.2) is 28.7 Å². The molecule has 0 radical (unpaired) electrons. The Morgan fingerprint density at radius 2 is 2.00 bits per heavy atom. The van der Waals surface area contributed by atoms with Crippen molar-refractivity contribution in [3.05, 3.63) is 57.0 Å². The first-order valence-electron chi connectivity index (χ1n) is 7.84. The minimum atomic E-state index is -0.541. The Hall–Kier alpha value is -2.83. The predicted molar refractivity (Wildman–Crippen MR) is 93.0 cm³/mol. The van der Waals surface area contributed by atoms with Gasteiger partial charge in [0, 0.05) is 6.07 Å². The molecule has 0 bridgehead atoms. The highest BCUT2D eigenvalue weighted by atomic mass is 16.6. The molecule has 0 atom stereocenters. The van der Waals surface area contributed by atoms with Crippen LogP contribution in [0.25, 0.3) is 0 Å². The third-order valence-corrected chi connectivity index (χ3v) is 3.80. The fourth-order valence-electron chi connectivity index (χ4n) is 2.41. The molecule has 134 valence electrons. The number of nitrogens with one attached hydrogen (secondary N) is 1. The molecule has 1 heterocycles. The second-order valence-electron chi connectivity index (χ2n) is 6.78. The maximum atomic E-state index is 12.6. The number of aryl methyl sites for hydroxylation is 1. The summed E-state index contributed by atoms with van der Waals surface area (Å²) < 4.78 is 10.6. The van der Waals surface area contributed by atoms with Crippen LogP contribution in [0.4, 0.5) is 5.69 Å². The number of benzene rings is 1. The van der Waals surface area contributed by atoms with Crippen LogP contribution in [-0.4, -0.2) is 17.9 Å². The van der Waals surface area contributed by atoms with E-state index in [2.05, 4.69) is 5.32 Å². The van der Waals surface area contributed by atoms with Gasteiger partial charge in [-0.25, -0.2) is 0 Å². The summed E-state index contributed by atoms with van der Waals surface area (Å²) >= 11 is 0. The molecule has 1 N–H and O–H groups in total. The van der Waals surface area contributed by atoms with Crippen LogP contribution in [0.1, 0.15) is 48.2 Å². The maximum absolute atomic E-state index is 12.6. The van der Waals surface area contributed by atoms with Gasteiger partial charge in [0.25, 0.3) is 5.91 Å². The van der Waals surface area contributed by atoms with Gasteiger partial charge >= 0.3 is 5.69 Å². The number of hydrogen-bond acceptors (Lipinski definition) is 5. The number of methoxy groups -OCH3 is 1. The quantitative estimate of drug-likeness (QED) is 0.657. The molecule has 2 aromatic rings. The highest BCUT2D eigenvalue weighted by Crippen LogP contribution is 2.36. The standard InChI is InChI=1S/C18H22N2O5/c1-11-6-7-13(25-11)10-19-17(21)14-8-12(18(2,3)4)9-15(20(22)23)16(14)24-5/h6-9H,10H2,1-5H3,(H,19,21). The molecule has 0 saturated heterocycles. The van der Waals surface area contributed by atoms with Crippen molar-refractivity contribution < 1.29 is 18.9 Å². The number of nitro groups is 1. The number of furan rings is 1. The van der Waals surface area contributed by atoms with E-state index >= 15 is 0 Å². The summed E-state index contributed by atoms with van der Waals surface area (Å²) in [5, 5.41) is 14.1. The van der Waals surface area contributed by atoms with Crippen molar-refractivity contribution in [1.29, 1.82) is 0 Å². The summed E-state index contributed by atoms with van der Waals surface area (Å²) in [6.07, 6.45) is 0. The largest absolute Gasteiger partial charge is 0.490 e. The number of amides is 1. The van der Waals surface area contributed by atoms with Crippen LogP contribution in [0, 0.1) is 17.0 Å². The lowest BCUT2D eigenvalue weighted by Gasteiger charge is -2.21. The minimum Gasteiger partial charge on any atom is -0.490 e. The molecule has 2 rings (SSSR count). The summed E-state index contributed by atoms with van der Waals surface area (Å²) in [5.41, 5.74) is 0.224. The van der Waals surface area contributed by atoms with Crippen LogP contribution in [-0.2, 0) is 12.0 Å². The molecular formula is C18H22N2O5. The van der Waals surface area contributed by atoms with Crippen LogP contribution in [0.3, 0.4) is 0 Å². The first-order chi connectivity index (χ1) is 11.6. The third kappa shape index (κ3) is 4.17. The molecule has 7 nitrogen and oxygen atoms in total. The van der Waals surface area contributed by atoms with Gasteiger partial charge < -0.3 is 14.5 Å². The van der Waals surface area contributed by atoms with Crippen LogP contribution >= 0.6 is 0 Å². The maximum Gasteiger partial charge on any atom is 0.312 e. The third-order valence-electron chi connectivity index (χ3n) is 3.80. The SMILES string of the molecule is COc1c(C(=O)NCc2ccc(C)o2)cc(C(C)(C)C)cc1[N+](=O)[O-]. The Morgan fingerprint density at radius 3 is 2.48 bits per heavy atom. The van der Waals surface area contributed by atoms with Gasteiger partial charge in [0.2, 0.25) is 5.75 Å². The van der Waals surface area contributed by atoms with Crippen LogP contribution in [0.2, 0.25) is 0 Å². The van der Waals surface area contributed by atoms with E-state index in [1.807, 2.05) is 27.7 Å². The second kappa shape index (κ2) is 6.96. The first-order valence-corrected chi connectivity index (χ1v) is 7.84. The average molecular weight is 346 g/mol. The number of carbonyl (C=O) groups is 1. The molecule has 0 aliphatic rings. The predicted octanol–water partition coefficient (Wildman–Crippen LogP) is 3.73. The summed E-state index contributed by atoms with van der Waals surface area (Å²) in [7, 11) is 1.31. The molecule has 1 aromatic heterocycles. The van der Waals surface area contributed by atoms with Gasteiger partial charge in [0.1, 0.15) is 11.5 Å². The van der Waals surface area contributed by atoms with Crippen LogP contribution < -0.4 is 10.1 Å². The number of nitrogens with zero attached hydrogens (tertiary/aromatic N) is 1. The van der Waals surface area contributed by atoms with Crippen molar-refractivity contribution in [2.24, 2.45) is 0 Å². The molecular weight excluding hydrogens is 324 g/mol. The Morgan fingerprint density at radius 1 is 1.32 bits per heavy atom. The summed E-state index contributed by atoms with van der Waals surface area (Å²) in [6.45, 7) is 7.76. The number of hydrogen-bond donors (Lipinski definition) is 1. The van der Waals surface area contributed by atoms with E-state index in [9.17, 15) is 14.9 Å². The highest BCUT2D eigenvalue weighted by Gasteiger charge is 2.28. The highest BCUT2D eigenvalue weighted by molar-refractivity contribution is 5.98. The Bertz CT molecular complexity index is 802. The van der Waals surface area contributed by atoms with E-state index in [4.69, 9.17) is 9.15 Å². The van der Waals surface area contributed by atoms with Crippen LogP contribution in [0.5, 0.6) is 5.75 Å². The molecule has 25 heavy (non-hydrogen) atoms. The van der Waals surface area contributed by atoms with E-state index in [1.165, 1.54) is 13.2 Å². The second-order valence-corrected chi connectivity index (χ2v) is 6.78. The lowest BCUT2D eigenvalue weighted by atomic mass is 9.85. The molecule has 0 unspecified atom stereocenters. The normalized spacial score (nSPS) is 11.2. The Labute approximate surface area is 146 Å². The average Bonchev–Trinajstić information content (AvgIpc) is 2.95. The number of ether oxygens (including phenoxy) is 1. The van der Waals surface area contributed by atoms with E-state index in [-0.39, 0.29) is 29.0 Å². The van der Waals surface area contributed by atoms with E-state index in [1.54, 1.807) is 18.2 Å². The van der Waals surface area contributed by atoms with Gasteiger partial charge in [-0.15, -0.1) is 0 Å². The zero-order valence-electron chi connectivity index (χ0n) is 15.0. The van der Waals surface area contributed by atoms with Crippen molar-refractivity contribution in [1.82, 2.24) is 5.32 Å². The molecule has 0 aliphatic heterocycles. The molecule has 1 aromatic carbocycles. The summed E-state index contributed by atoms with van der Waals surface area (Å²) in [5.74, 6) is 0.838. The molecule has 0 fully saturated rings. The minimum absolute atomic E-state index is 0.0499. The molecule has 0 aliphatic carbocycles. The number of carbonyl (C=O) groups excluding carboxylic acids is 1. The van der Waals surface area contributed by atoms with E-state index < -0.39 is 10.8 Å².